The van der Waals surface area contributed by atoms with E-state index in [1.807, 2.05) is 0 Å². The van der Waals surface area contributed by atoms with Gasteiger partial charge in [-0.1, -0.05) is 25.1 Å². The number of ether oxygens (including phenoxy) is 2. The van der Waals surface area contributed by atoms with Crippen molar-refractivity contribution in [2.75, 3.05) is 6.56 Å². The van der Waals surface area contributed by atoms with Crippen molar-refractivity contribution in [1.82, 2.24) is 14.6 Å². The highest BCUT2D eigenvalue weighted by Gasteiger charge is 2.44. The standard InChI is InChI=1S/C23H32N3O9P/c1-13(2)33-22(29)16(5)25-36(31,35-17-9-7-6-8-10-17)32-12-18-19(27)15(4)21(34-18)26-11-14(3)20(28)24-23(26)30/h6-11,13,15-16,18-19,21,27H,12H2,1-5H3,(H,25,31)(H,24,28,30)/t15-,16+,18+,19?,21+,36+/m1/s1/i12D2. The predicted molar refractivity (Wildman–Crippen MR) is 130 cm³/mol. The van der Waals surface area contributed by atoms with Crippen molar-refractivity contribution in [2.45, 2.75) is 65.2 Å². The molecule has 0 saturated carbocycles. The van der Waals surface area contributed by atoms with E-state index in [1.54, 1.807) is 32.0 Å². The smallest absolute Gasteiger partial charge is 0.459 e. The number of carbonyl (C=O) groups is 1. The molecule has 2 heterocycles. The first-order chi connectivity index (χ1) is 17.6. The predicted octanol–water partition coefficient (Wildman–Crippen LogP) is 1.87. The van der Waals surface area contributed by atoms with E-state index in [2.05, 4.69) is 10.1 Å². The van der Waals surface area contributed by atoms with Crippen molar-refractivity contribution in [3.8, 4) is 5.75 Å². The van der Waals surface area contributed by atoms with Crippen molar-refractivity contribution in [1.29, 1.82) is 0 Å². The summed E-state index contributed by atoms with van der Waals surface area (Å²) in [5, 5.41) is 13.2. The fourth-order valence-electron chi connectivity index (χ4n) is 3.43. The lowest BCUT2D eigenvalue weighted by molar-refractivity contribution is -0.149. The van der Waals surface area contributed by atoms with Crippen LogP contribution in [0, 0.1) is 12.8 Å². The van der Waals surface area contributed by atoms with Gasteiger partial charge in [-0.3, -0.25) is 23.7 Å². The second kappa shape index (κ2) is 11.5. The summed E-state index contributed by atoms with van der Waals surface area (Å²) in [6, 6.07) is 6.53. The number of hydrogen-bond acceptors (Lipinski definition) is 9. The third-order valence-corrected chi connectivity index (χ3v) is 6.82. The monoisotopic (exact) mass is 527 g/mol. The number of nitrogens with one attached hydrogen (secondary N) is 2. The Labute approximate surface area is 210 Å². The first kappa shape index (κ1) is 24.9. The van der Waals surface area contributed by atoms with Gasteiger partial charge < -0.3 is 19.1 Å². The zero-order valence-corrected chi connectivity index (χ0v) is 21.4. The number of aryl methyl sites for hydroxylation is 1. The van der Waals surface area contributed by atoms with Gasteiger partial charge in [0.25, 0.3) is 5.56 Å². The molecule has 3 rings (SSSR count). The zero-order chi connectivity index (χ0) is 28.4. The van der Waals surface area contributed by atoms with E-state index in [9.17, 15) is 24.1 Å². The molecular formula is C23H32N3O9P. The van der Waals surface area contributed by atoms with Crippen LogP contribution < -0.4 is 20.9 Å². The van der Waals surface area contributed by atoms with Crippen LogP contribution in [0.3, 0.4) is 0 Å². The molecule has 3 N–H and O–H groups in total. The lowest BCUT2D eigenvalue weighted by atomic mass is 10.0. The molecule has 0 aliphatic carbocycles. The van der Waals surface area contributed by atoms with E-state index in [-0.39, 0.29) is 11.3 Å². The van der Waals surface area contributed by atoms with Crippen LogP contribution in [0.1, 0.15) is 42.2 Å². The third-order valence-electron chi connectivity index (χ3n) is 5.32. The molecule has 198 valence electrons. The molecule has 2 aromatic rings. The van der Waals surface area contributed by atoms with Crippen LogP contribution in [0.5, 0.6) is 5.75 Å². The molecule has 1 fully saturated rings. The number of benzene rings is 1. The van der Waals surface area contributed by atoms with Crippen molar-refractivity contribution in [3.05, 3.63) is 62.9 Å². The van der Waals surface area contributed by atoms with Crippen LogP contribution in [0.2, 0.25) is 0 Å². The summed E-state index contributed by atoms with van der Waals surface area (Å²) < 4.78 is 53.5. The minimum Gasteiger partial charge on any atom is -0.462 e. The Balaban J connectivity index is 1.90. The summed E-state index contributed by atoms with van der Waals surface area (Å²) in [6.07, 6.45) is -3.68. The van der Waals surface area contributed by atoms with Crippen molar-refractivity contribution >= 4 is 13.7 Å². The van der Waals surface area contributed by atoms with Crippen LogP contribution in [0.15, 0.2) is 46.1 Å². The van der Waals surface area contributed by atoms with Gasteiger partial charge in [-0.2, -0.15) is 5.09 Å². The van der Waals surface area contributed by atoms with Crippen LogP contribution in [-0.2, 0) is 23.4 Å². The summed E-state index contributed by atoms with van der Waals surface area (Å²) in [6.45, 7) is 4.63. The van der Waals surface area contributed by atoms with Crippen molar-refractivity contribution in [2.24, 2.45) is 5.92 Å². The van der Waals surface area contributed by atoms with Gasteiger partial charge >= 0.3 is 19.4 Å². The molecule has 36 heavy (non-hydrogen) atoms. The van der Waals surface area contributed by atoms with E-state index in [0.29, 0.717) is 0 Å². The van der Waals surface area contributed by atoms with Crippen molar-refractivity contribution < 1.29 is 35.7 Å². The number of H-pyrrole nitrogens is 1. The van der Waals surface area contributed by atoms with E-state index in [1.165, 1.54) is 39.1 Å². The maximum Gasteiger partial charge on any atom is 0.459 e. The Morgan fingerprint density at radius 3 is 2.61 bits per heavy atom. The second-order valence-corrected chi connectivity index (χ2v) is 10.3. The first-order valence-electron chi connectivity index (χ1n) is 12.3. The minimum absolute atomic E-state index is 0.0537. The van der Waals surface area contributed by atoms with Gasteiger partial charge in [0.1, 0.15) is 24.1 Å². The molecular weight excluding hydrogens is 493 g/mol. The molecule has 1 aromatic heterocycles. The van der Waals surface area contributed by atoms with Crippen LogP contribution in [0.25, 0.3) is 0 Å². The normalized spacial score (nSPS) is 25.5. The van der Waals surface area contributed by atoms with E-state index in [4.69, 9.17) is 21.3 Å². The molecule has 0 bridgehead atoms. The van der Waals surface area contributed by atoms with Crippen LogP contribution >= 0.6 is 7.75 Å². The lowest BCUT2D eigenvalue weighted by Gasteiger charge is -2.25. The highest BCUT2D eigenvalue weighted by atomic mass is 31.2. The number of para-hydroxylation sites is 1. The van der Waals surface area contributed by atoms with Gasteiger partial charge in [0.15, 0.2) is 0 Å². The molecule has 1 aliphatic rings. The quantitative estimate of drug-likeness (QED) is 0.308. The molecule has 1 aromatic carbocycles. The van der Waals surface area contributed by atoms with E-state index >= 15 is 0 Å². The Morgan fingerprint density at radius 1 is 1.31 bits per heavy atom. The number of carbonyl (C=O) groups excluding carboxylic acids is 1. The average molecular weight is 528 g/mol. The Morgan fingerprint density at radius 2 is 1.97 bits per heavy atom. The SMILES string of the molecule is [2H]C([2H])(O[P@@](=O)(N[C@@H](C)C(=O)OC(C)C)Oc1ccccc1)[C@@H]1O[C@H](n2cc(C)c(=O)[nH]c2=O)[C@H](C)C1O. The summed E-state index contributed by atoms with van der Waals surface area (Å²) >= 11 is 0. The molecule has 0 spiro atoms. The van der Waals surface area contributed by atoms with Gasteiger partial charge in [-0.05, 0) is 39.8 Å². The largest absolute Gasteiger partial charge is 0.462 e. The number of aromatic amines is 1. The number of hydrogen-bond donors (Lipinski definition) is 3. The minimum atomic E-state index is -4.66. The topological polar surface area (TPSA) is 158 Å². The molecule has 1 saturated heterocycles. The maximum absolute atomic E-state index is 13.8. The number of esters is 1. The molecule has 0 amide bonds. The summed E-state index contributed by atoms with van der Waals surface area (Å²) in [5.74, 6) is -1.57. The number of aliphatic hydroxyl groups excluding tert-OH is 1. The number of aromatic nitrogens is 2. The molecule has 0 radical (unpaired) electrons. The number of rotatable bonds is 10. The fraction of sp³-hybridized carbons (Fsp3) is 0.522. The van der Waals surface area contributed by atoms with Crippen LogP contribution in [0.4, 0.5) is 0 Å². The second-order valence-electron chi connectivity index (χ2n) is 8.72. The maximum atomic E-state index is 13.8. The average Bonchev–Trinajstić information content (AvgIpc) is 3.11. The highest BCUT2D eigenvalue weighted by Crippen LogP contribution is 2.46. The third kappa shape index (κ3) is 6.71. The van der Waals surface area contributed by atoms with E-state index in [0.717, 1.165) is 4.57 Å². The summed E-state index contributed by atoms with van der Waals surface area (Å²) in [5.41, 5.74) is -1.21. The van der Waals surface area contributed by atoms with Gasteiger partial charge in [-0.15, -0.1) is 0 Å². The highest BCUT2D eigenvalue weighted by molar-refractivity contribution is 7.52. The van der Waals surface area contributed by atoms with Gasteiger partial charge in [0, 0.05) is 17.7 Å². The van der Waals surface area contributed by atoms with Crippen molar-refractivity contribution in [3.63, 3.8) is 0 Å². The molecule has 6 atom stereocenters. The Bertz CT molecular complexity index is 1300. The summed E-state index contributed by atoms with van der Waals surface area (Å²) in [7, 11) is -4.66. The molecule has 12 nitrogen and oxygen atoms in total. The fourth-order valence-corrected chi connectivity index (χ4v) is 4.79. The zero-order valence-electron chi connectivity index (χ0n) is 22.5. The Kier molecular flexibility index (Phi) is 7.98. The van der Waals surface area contributed by atoms with Gasteiger partial charge in [0.05, 0.1) is 21.5 Å². The van der Waals surface area contributed by atoms with Gasteiger partial charge in [0.2, 0.25) is 0 Å². The number of aliphatic hydroxyl groups is 1. The van der Waals surface area contributed by atoms with Crippen LogP contribution in [-0.4, -0.2) is 51.5 Å². The lowest BCUT2D eigenvalue weighted by Crippen LogP contribution is -2.37. The Hall–Kier alpha value is -2.76. The molecule has 1 aliphatic heterocycles. The molecule has 1 unspecified atom stereocenters. The first-order valence-corrected chi connectivity index (χ1v) is 12.9. The van der Waals surface area contributed by atoms with Gasteiger partial charge in [-0.25, -0.2) is 9.36 Å². The summed E-state index contributed by atoms with van der Waals surface area (Å²) in [4.78, 5) is 38.6. The number of nitrogens with zero attached hydrogens (tertiary/aromatic N) is 1. The molecule has 13 heteroatoms. The van der Waals surface area contributed by atoms with E-state index < -0.39 is 68.0 Å².